The highest BCUT2D eigenvalue weighted by Crippen LogP contribution is 2.38. The molecule has 0 heterocycles. The van der Waals surface area contributed by atoms with Gasteiger partial charge >= 0.3 is 0 Å². The van der Waals surface area contributed by atoms with Gasteiger partial charge in [0.25, 0.3) is 0 Å². The molecule has 0 aliphatic carbocycles. The molecule has 0 saturated carbocycles. The Kier molecular flexibility index (Phi) is 3.24. The van der Waals surface area contributed by atoms with Crippen LogP contribution in [0.5, 0.6) is 11.5 Å². The Bertz CT molecular complexity index is 363. The molecule has 1 aromatic rings. The zero-order valence-electron chi connectivity index (χ0n) is 10.7. The Hall–Kier alpha value is -1.16. The van der Waals surface area contributed by atoms with Gasteiger partial charge in [-0.1, -0.05) is 20.8 Å². The summed E-state index contributed by atoms with van der Waals surface area (Å²) in [5.74, 6) is 0.804. The zero-order chi connectivity index (χ0) is 12.6. The first-order valence-corrected chi connectivity index (χ1v) is 8.31. The highest BCUT2D eigenvalue weighted by atomic mass is 28.4. The van der Waals surface area contributed by atoms with Crippen molar-refractivity contribution in [1.29, 1.82) is 0 Å². The van der Waals surface area contributed by atoms with E-state index >= 15 is 0 Å². The minimum atomic E-state index is -1.86. The molecular weight excluding hydrogens is 218 g/mol. The van der Waals surface area contributed by atoms with Crippen molar-refractivity contribution in [2.75, 3.05) is 5.73 Å². The molecule has 0 radical (unpaired) electrons. The molecule has 16 heavy (non-hydrogen) atoms. The fraction of sp³-hybridized carbons (Fsp3) is 0.500. The summed E-state index contributed by atoms with van der Waals surface area (Å²) in [6.07, 6.45) is 0. The number of benzene rings is 1. The van der Waals surface area contributed by atoms with Crippen molar-refractivity contribution < 1.29 is 9.53 Å². The van der Waals surface area contributed by atoms with E-state index in [9.17, 15) is 5.11 Å². The molecule has 1 aromatic carbocycles. The first-order chi connectivity index (χ1) is 7.12. The molecule has 90 valence electrons. The van der Waals surface area contributed by atoms with Gasteiger partial charge in [-0.2, -0.15) is 0 Å². The molecule has 0 bridgehead atoms. The van der Waals surface area contributed by atoms with Crippen LogP contribution in [0.1, 0.15) is 20.8 Å². The lowest BCUT2D eigenvalue weighted by Gasteiger charge is -2.36. The minimum absolute atomic E-state index is 0.132. The maximum Gasteiger partial charge on any atom is 0.250 e. The fourth-order valence-electron chi connectivity index (χ4n) is 1.11. The molecule has 0 unspecified atom stereocenters. The average Bonchev–Trinajstić information content (AvgIpc) is 1.97. The van der Waals surface area contributed by atoms with Crippen LogP contribution in [0.4, 0.5) is 5.69 Å². The number of nitrogen functional groups attached to an aromatic ring is 1. The van der Waals surface area contributed by atoms with Crippen molar-refractivity contribution in [2.24, 2.45) is 0 Å². The molecule has 1 rings (SSSR count). The Morgan fingerprint density at radius 3 is 2.19 bits per heavy atom. The largest absolute Gasteiger partial charge is 0.543 e. The van der Waals surface area contributed by atoms with E-state index in [1.807, 2.05) is 0 Å². The predicted octanol–water partition coefficient (Wildman–Crippen LogP) is 3.36. The second-order valence-corrected chi connectivity index (χ2v) is 10.3. The summed E-state index contributed by atoms with van der Waals surface area (Å²) < 4.78 is 6.03. The summed E-state index contributed by atoms with van der Waals surface area (Å²) in [7, 11) is -1.86. The van der Waals surface area contributed by atoms with E-state index < -0.39 is 8.32 Å². The first kappa shape index (κ1) is 12.9. The van der Waals surface area contributed by atoms with Crippen LogP contribution in [0.25, 0.3) is 0 Å². The number of aromatic hydroxyl groups is 1. The molecule has 0 amide bonds. The molecule has 0 spiro atoms. The molecule has 0 aromatic heterocycles. The van der Waals surface area contributed by atoms with Gasteiger partial charge in [-0.05, 0) is 18.1 Å². The monoisotopic (exact) mass is 239 g/mol. The Balaban J connectivity index is 2.96. The van der Waals surface area contributed by atoms with Crippen molar-refractivity contribution in [3.05, 3.63) is 18.2 Å². The molecule has 0 fully saturated rings. The molecule has 4 heteroatoms. The van der Waals surface area contributed by atoms with Gasteiger partial charge in [0.05, 0.1) is 0 Å². The zero-order valence-corrected chi connectivity index (χ0v) is 11.7. The van der Waals surface area contributed by atoms with Gasteiger partial charge in [-0.25, -0.2) is 0 Å². The van der Waals surface area contributed by atoms with Crippen LogP contribution < -0.4 is 10.2 Å². The van der Waals surface area contributed by atoms with E-state index in [2.05, 4.69) is 33.9 Å². The summed E-state index contributed by atoms with van der Waals surface area (Å²) >= 11 is 0. The summed E-state index contributed by atoms with van der Waals surface area (Å²) in [6, 6.07) is 4.87. The molecule has 0 aliphatic rings. The molecule has 3 N–H and O–H groups in total. The number of hydrogen-bond donors (Lipinski definition) is 2. The lowest BCUT2D eigenvalue weighted by atomic mass is 10.2. The topological polar surface area (TPSA) is 55.5 Å². The van der Waals surface area contributed by atoms with Crippen molar-refractivity contribution in [2.45, 2.75) is 38.9 Å². The quantitative estimate of drug-likeness (QED) is 0.614. The third kappa shape index (κ3) is 2.92. The standard InChI is InChI=1S/C12H21NO2Si/c1-12(2,3)16(4,5)15-11-7-9(13)6-10(14)8-11/h6-8,14H,13H2,1-5H3. The van der Waals surface area contributed by atoms with Crippen molar-refractivity contribution in [3.63, 3.8) is 0 Å². The lowest BCUT2D eigenvalue weighted by Crippen LogP contribution is -2.43. The first-order valence-electron chi connectivity index (χ1n) is 5.40. The minimum Gasteiger partial charge on any atom is -0.543 e. The molecule has 0 aliphatic heterocycles. The van der Waals surface area contributed by atoms with Crippen molar-refractivity contribution in [3.8, 4) is 11.5 Å². The predicted molar refractivity (Wildman–Crippen MR) is 70.3 cm³/mol. The number of phenolic OH excluding ortho intramolecular Hbond substituents is 1. The second kappa shape index (κ2) is 4.01. The van der Waals surface area contributed by atoms with Crippen molar-refractivity contribution >= 4 is 14.0 Å². The summed E-state index contributed by atoms with van der Waals surface area (Å²) in [4.78, 5) is 0. The average molecular weight is 239 g/mol. The fourth-order valence-corrected chi connectivity index (χ4v) is 2.13. The van der Waals surface area contributed by atoms with E-state index in [-0.39, 0.29) is 10.8 Å². The van der Waals surface area contributed by atoms with Crippen LogP contribution in [0.3, 0.4) is 0 Å². The Labute approximate surface area is 98.4 Å². The van der Waals surface area contributed by atoms with Crippen LogP contribution >= 0.6 is 0 Å². The maximum absolute atomic E-state index is 9.45. The Morgan fingerprint density at radius 2 is 1.75 bits per heavy atom. The number of anilines is 1. The van der Waals surface area contributed by atoms with Gasteiger partial charge < -0.3 is 15.3 Å². The highest BCUT2D eigenvalue weighted by molar-refractivity contribution is 6.74. The van der Waals surface area contributed by atoms with Gasteiger partial charge in [0.15, 0.2) is 0 Å². The SMILES string of the molecule is CC(C)(C)[Si](C)(C)Oc1cc(N)cc(O)c1. The van der Waals surface area contributed by atoms with E-state index in [4.69, 9.17) is 10.2 Å². The number of phenols is 1. The van der Waals surface area contributed by atoms with E-state index in [1.165, 1.54) is 6.07 Å². The summed E-state index contributed by atoms with van der Waals surface area (Å²) in [5, 5.41) is 9.58. The molecule has 0 saturated heterocycles. The highest BCUT2D eigenvalue weighted by Gasteiger charge is 2.39. The second-order valence-electron chi connectivity index (χ2n) is 5.62. The summed E-state index contributed by atoms with van der Waals surface area (Å²) in [5.41, 5.74) is 6.18. The van der Waals surface area contributed by atoms with Crippen molar-refractivity contribution in [1.82, 2.24) is 0 Å². The van der Waals surface area contributed by atoms with Gasteiger partial charge in [0, 0.05) is 23.9 Å². The van der Waals surface area contributed by atoms with Gasteiger partial charge in [-0.15, -0.1) is 0 Å². The smallest absolute Gasteiger partial charge is 0.250 e. The van der Waals surface area contributed by atoms with Gasteiger partial charge in [-0.3, -0.25) is 0 Å². The summed E-state index contributed by atoms with van der Waals surface area (Å²) in [6.45, 7) is 10.8. The van der Waals surface area contributed by atoms with Crippen LogP contribution in [0.15, 0.2) is 18.2 Å². The molecule has 0 atom stereocenters. The van der Waals surface area contributed by atoms with Gasteiger partial charge in [0.2, 0.25) is 8.32 Å². The van der Waals surface area contributed by atoms with E-state index in [1.54, 1.807) is 12.1 Å². The van der Waals surface area contributed by atoms with Crippen LogP contribution in [-0.4, -0.2) is 13.4 Å². The molecule has 3 nitrogen and oxygen atoms in total. The lowest BCUT2D eigenvalue weighted by molar-refractivity contribution is 0.461. The van der Waals surface area contributed by atoms with Gasteiger partial charge in [0.1, 0.15) is 11.5 Å². The van der Waals surface area contributed by atoms with E-state index in [0.29, 0.717) is 11.4 Å². The number of rotatable bonds is 2. The van der Waals surface area contributed by atoms with Crippen LogP contribution in [0, 0.1) is 0 Å². The maximum atomic E-state index is 9.45. The van der Waals surface area contributed by atoms with Crippen LogP contribution in [0.2, 0.25) is 18.1 Å². The number of nitrogens with two attached hydrogens (primary N) is 1. The normalized spacial score (nSPS) is 12.6. The third-order valence-corrected chi connectivity index (χ3v) is 7.45. The Morgan fingerprint density at radius 1 is 1.19 bits per heavy atom. The molecular formula is C12H21NO2Si. The number of hydrogen-bond acceptors (Lipinski definition) is 3. The van der Waals surface area contributed by atoms with Crippen LogP contribution in [-0.2, 0) is 0 Å². The van der Waals surface area contributed by atoms with E-state index in [0.717, 1.165) is 0 Å². The third-order valence-electron chi connectivity index (χ3n) is 3.09.